The maximum absolute atomic E-state index is 12.4. The number of carboxylic acid groups (broad SMARTS) is 1. The third-order valence-corrected chi connectivity index (χ3v) is 3.44. The van der Waals surface area contributed by atoms with Gasteiger partial charge in [-0.25, -0.2) is 4.79 Å². The maximum atomic E-state index is 12.4. The molecule has 1 rings (SSSR count). The third-order valence-electron chi connectivity index (χ3n) is 3.44. The zero-order valence-corrected chi connectivity index (χ0v) is 12.6. The molecule has 0 aromatic rings. The predicted octanol–water partition coefficient (Wildman–Crippen LogP) is 0.0228. The number of urea groups is 1. The Morgan fingerprint density at radius 3 is 2.48 bits per heavy atom. The van der Waals surface area contributed by atoms with E-state index < -0.39 is 29.9 Å². The number of hydrogen-bond acceptors (Lipinski definition) is 5. The molecule has 0 aliphatic carbocycles. The largest absolute Gasteiger partial charge is 0.481 e. The zero-order chi connectivity index (χ0) is 16.0. The molecule has 0 bridgehead atoms. The maximum Gasteiger partial charge on any atom is 0.325 e. The van der Waals surface area contributed by atoms with Gasteiger partial charge in [-0.2, -0.15) is 0 Å². The van der Waals surface area contributed by atoms with Gasteiger partial charge < -0.3 is 24.4 Å². The quantitative estimate of drug-likeness (QED) is 0.695. The number of carbonyl (C=O) groups is 3. The summed E-state index contributed by atoms with van der Waals surface area (Å²) in [7, 11) is 1.52. The molecule has 0 radical (unpaired) electrons. The van der Waals surface area contributed by atoms with Crippen LogP contribution >= 0.6 is 0 Å². The number of carboxylic acids is 1. The number of ether oxygens (including phenoxy) is 2. The zero-order valence-electron chi connectivity index (χ0n) is 12.6. The van der Waals surface area contributed by atoms with Crippen molar-refractivity contribution in [3.8, 4) is 0 Å². The van der Waals surface area contributed by atoms with Crippen LogP contribution in [0.25, 0.3) is 0 Å². The Morgan fingerprint density at radius 2 is 1.95 bits per heavy atom. The van der Waals surface area contributed by atoms with Crippen molar-refractivity contribution in [1.29, 1.82) is 0 Å². The van der Waals surface area contributed by atoms with Crippen LogP contribution in [-0.4, -0.2) is 78.9 Å². The molecule has 120 valence electrons. The van der Waals surface area contributed by atoms with Crippen molar-refractivity contribution in [2.45, 2.75) is 19.9 Å². The number of carbonyl (C=O) groups excluding carboxylic acids is 2. The Morgan fingerprint density at radius 1 is 1.29 bits per heavy atom. The molecule has 8 heteroatoms. The van der Waals surface area contributed by atoms with Crippen LogP contribution in [0, 0.1) is 5.92 Å². The molecule has 21 heavy (non-hydrogen) atoms. The van der Waals surface area contributed by atoms with Gasteiger partial charge in [0.2, 0.25) is 0 Å². The van der Waals surface area contributed by atoms with Crippen molar-refractivity contribution >= 4 is 18.0 Å². The van der Waals surface area contributed by atoms with Gasteiger partial charge in [-0.15, -0.1) is 0 Å². The summed E-state index contributed by atoms with van der Waals surface area (Å²) in [4.78, 5) is 37.6. The molecule has 0 aromatic carbocycles. The summed E-state index contributed by atoms with van der Waals surface area (Å²) in [5, 5.41) is 9.12. The van der Waals surface area contributed by atoms with E-state index >= 15 is 0 Å². The molecular formula is C13H22N2O6. The highest BCUT2D eigenvalue weighted by Crippen LogP contribution is 2.20. The lowest BCUT2D eigenvalue weighted by Gasteiger charge is -2.31. The second kappa shape index (κ2) is 7.82. The summed E-state index contributed by atoms with van der Waals surface area (Å²) in [6.45, 7) is 4.11. The van der Waals surface area contributed by atoms with Gasteiger partial charge in [-0.3, -0.25) is 9.59 Å². The number of rotatable bonds is 6. The van der Waals surface area contributed by atoms with Gasteiger partial charge in [0, 0.05) is 13.6 Å². The van der Waals surface area contributed by atoms with Gasteiger partial charge in [0.25, 0.3) is 0 Å². The van der Waals surface area contributed by atoms with E-state index in [2.05, 4.69) is 0 Å². The summed E-state index contributed by atoms with van der Waals surface area (Å²) in [5.74, 6) is -2.23. The first-order chi connectivity index (χ1) is 9.92. The summed E-state index contributed by atoms with van der Waals surface area (Å²) in [6, 6.07) is -0.946. The van der Waals surface area contributed by atoms with Crippen molar-refractivity contribution in [1.82, 2.24) is 9.80 Å². The number of esters is 1. The van der Waals surface area contributed by atoms with Crippen LogP contribution in [0.5, 0.6) is 0 Å². The molecule has 1 fully saturated rings. The average Bonchev–Trinajstić information content (AvgIpc) is 2.93. The molecule has 1 saturated heterocycles. The highest BCUT2D eigenvalue weighted by molar-refractivity contribution is 5.82. The lowest BCUT2D eigenvalue weighted by molar-refractivity contribution is -0.145. The van der Waals surface area contributed by atoms with E-state index in [1.807, 2.05) is 0 Å². The summed E-state index contributed by atoms with van der Waals surface area (Å²) in [5.41, 5.74) is 0. The van der Waals surface area contributed by atoms with Gasteiger partial charge in [0.1, 0.15) is 12.5 Å². The monoisotopic (exact) mass is 302 g/mol. The number of hydrogen-bond donors (Lipinski definition) is 1. The van der Waals surface area contributed by atoms with Gasteiger partial charge in [0.05, 0.1) is 25.9 Å². The van der Waals surface area contributed by atoms with Crippen molar-refractivity contribution in [3.63, 3.8) is 0 Å². The number of nitrogens with zero attached hydrogens (tertiary/aromatic N) is 2. The smallest absolute Gasteiger partial charge is 0.325 e. The standard InChI is InChI=1S/C13H22N2O6/c1-4-15(6-11(16)21-5-2)13(19)14(3)10-8-20-7-9(10)12(17)18/h9-10H,4-8H2,1-3H3,(H,17,18). The van der Waals surface area contributed by atoms with Crippen molar-refractivity contribution in [2.75, 3.05) is 40.0 Å². The fourth-order valence-corrected chi connectivity index (χ4v) is 2.20. The van der Waals surface area contributed by atoms with Crippen molar-refractivity contribution in [3.05, 3.63) is 0 Å². The molecule has 2 amide bonds. The molecule has 0 aromatic heterocycles. The Kier molecular flexibility index (Phi) is 6.41. The minimum Gasteiger partial charge on any atom is -0.481 e. The van der Waals surface area contributed by atoms with E-state index in [9.17, 15) is 14.4 Å². The second-order valence-corrected chi connectivity index (χ2v) is 4.76. The normalized spacial score (nSPS) is 20.9. The predicted molar refractivity (Wildman–Crippen MR) is 72.8 cm³/mol. The topological polar surface area (TPSA) is 96.4 Å². The van der Waals surface area contributed by atoms with Gasteiger partial charge in [0.15, 0.2) is 0 Å². The molecule has 1 N–H and O–H groups in total. The lowest BCUT2D eigenvalue weighted by atomic mass is 10.0. The van der Waals surface area contributed by atoms with Crippen molar-refractivity contribution < 1.29 is 29.0 Å². The van der Waals surface area contributed by atoms with Crippen LogP contribution in [-0.2, 0) is 19.1 Å². The lowest BCUT2D eigenvalue weighted by Crippen LogP contribution is -2.51. The molecular weight excluding hydrogens is 280 g/mol. The Bertz CT molecular complexity index is 400. The Hall–Kier alpha value is -1.83. The molecule has 1 aliphatic heterocycles. The first-order valence-electron chi connectivity index (χ1n) is 6.90. The van der Waals surface area contributed by atoms with Gasteiger partial charge in [-0.05, 0) is 13.8 Å². The average molecular weight is 302 g/mol. The molecule has 2 unspecified atom stereocenters. The van der Waals surface area contributed by atoms with Crippen LogP contribution in [0.2, 0.25) is 0 Å². The first kappa shape index (κ1) is 17.2. The van der Waals surface area contributed by atoms with E-state index in [0.717, 1.165) is 0 Å². The van der Waals surface area contributed by atoms with E-state index in [1.165, 1.54) is 16.8 Å². The van der Waals surface area contributed by atoms with E-state index in [4.69, 9.17) is 14.6 Å². The van der Waals surface area contributed by atoms with E-state index in [1.54, 1.807) is 13.8 Å². The fraction of sp³-hybridized carbons (Fsp3) is 0.769. The van der Waals surface area contributed by atoms with Gasteiger partial charge >= 0.3 is 18.0 Å². The molecule has 1 aliphatic rings. The Labute approximate surface area is 123 Å². The summed E-state index contributed by atoms with van der Waals surface area (Å²) >= 11 is 0. The first-order valence-corrected chi connectivity index (χ1v) is 6.90. The highest BCUT2D eigenvalue weighted by atomic mass is 16.5. The molecule has 2 atom stereocenters. The van der Waals surface area contributed by atoms with Crippen LogP contribution < -0.4 is 0 Å². The number of likely N-dealkylation sites (N-methyl/N-ethyl adjacent to an activating group) is 2. The van der Waals surface area contributed by atoms with Crippen molar-refractivity contribution in [2.24, 2.45) is 5.92 Å². The van der Waals surface area contributed by atoms with Crippen LogP contribution in [0.1, 0.15) is 13.8 Å². The summed E-state index contributed by atoms with van der Waals surface area (Å²) in [6.07, 6.45) is 0. The fourth-order valence-electron chi connectivity index (χ4n) is 2.20. The SMILES string of the molecule is CCOC(=O)CN(CC)C(=O)N(C)C1COCC1C(=O)O. The minimum absolute atomic E-state index is 0.0849. The number of aliphatic carboxylic acids is 1. The number of amides is 2. The van der Waals surface area contributed by atoms with E-state index in [0.29, 0.717) is 6.54 Å². The van der Waals surface area contributed by atoms with E-state index in [-0.39, 0.29) is 26.4 Å². The highest BCUT2D eigenvalue weighted by Gasteiger charge is 2.39. The molecule has 8 nitrogen and oxygen atoms in total. The molecule has 1 heterocycles. The van der Waals surface area contributed by atoms with Crippen LogP contribution in [0.3, 0.4) is 0 Å². The van der Waals surface area contributed by atoms with Crippen LogP contribution in [0.4, 0.5) is 4.79 Å². The van der Waals surface area contributed by atoms with Crippen LogP contribution in [0.15, 0.2) is 0 Å². The minimum atomic E-state index is -0.995. The molecule has 0 saturated carbocycles. The molecule has 0 spiro atoms. The van der Waals surface area contributed by atoms with Gasteiger partial charge in [-0.1, -0.05) is 0 Å². The summed E-state index contributed by atoms with van der Waals surface area (Å²) < 4.78 is 9.97. The third kappa shape index (κ3) is 4.32. The Balaban J connectivity index is 2.70. The second-order valence-electron chi connectivity index (χ2n) is 4.76.